The zero-order valence-corrected chi connectivity index (χ0v) is 16.2. The summed E-state index contributed by atoms with van der Waals surface area (Å²) in [5.74, 6) is -0.706. The summed E-state index contributed by atoms with van der Waals surface area (Å²) in [4.78, 5) is 35.1. The van der Waals surface area contributed by atoms with E-state index in [-0.39, 0.29) is 16.8 Å². The Morgan fingerprint density at radius 2 is 2.07 bits per heavy atom. The zero-order chi connectivity index (χ0) is 19.8. The third kappa shape index (κ3) is 3.03. The van der Waals surface area contributed by atoms with Crippen LogP contribution in [0.15, 0.2) is 40.4 Å². The number of ether oxygens (including phenoxy) is 1. The monoisotopic (exact) mass is 399 g/mol. The fourth-order valence-electron chi connectivity index (χ4n) is 3.35. The molecule has 0 saturated heterocycles. The van der Waals surface area contributed by atoms with Crippen molar-refractivity contribution in [3.63, 3.8) is 0 Å². The number of fused-ring (bicyclic) bond motifs is 6. The number of esters is 1. The SMILES string of the molecule is CCOC(=O)C(CC)Sc1nc2c3cc[nH]c(=O)c3c3cc(F)ccc3c2[nH]1. The third-order valence-electron chi connectivity index (χ3n) is 4.59. The molecule has 0 spiro atoms. The van der Waals surface area contributed by atoms with E-state index in [2.05, 4.69) is 15.0 Å². The van der Waals surface area contributed by atoms with E-state index < -0.39 is 5.82 Å². The van der Waals surface area contributed by atoms with E-state index in [0.717, 1.165) is 0 Å². The Morgan fingerprint density at radius 1 is 1.25 bits per heavy atom. The van der Waals surface area contributed by atoms with Crippen molar-refractivity contribution < 1.29 is 13.9 Å². The summed E-state index contributed by atoms with van der Waals surface area (Å²) in [5.41, 5.74) is 1.01. The Labute approximate surface area is 163 Å². The maximum atomic E-state index is 13.9. The number of nitrogens with one attached hydrogen (secondary N) is 2. The van der Waals surface area contributed by atoms with Gasteiger partial charge in [0.15, 0.2) is 5.16 Å². The lowest BCUT2D eigenvalue weighted by molar-refractivity contribution is -0.142. The molecule has 0 radical (unpaired) electrons. The number of imidazole rings is 1. The molecule has 0 amide bonds. The van der Waals surface area contributed by atoms with Crippen LogP contribution >= 0.6 is 11.8 Å². The fraction of sp³-hybridized carbons (Fsp3) is 0.250. The largest absolute Gasteiger partial charge is 0.465 e. The van der Waals surface area contributed by atoms with Crippen molar-refractivity contribution >= 4 is 50.3 Å². The van der Waals surface area contributed by atoms with Crippen LogP contribution in [0.2, 0.25) is 0 Å². The molecule has 144 valence electrons. The first-order chi connectivity index (χ1) is 13.5. The van der Waals surface area contributed by atoms with Gasteiger partial charge in [0, 0.05) is 22.4 Å². The number of hydrogen-bond acceptors (Lipinski definition) is 5. The molecule has 6 nitrogen and oxygen atoms in total. The Bertz CT molecular complexity index is 1260. The number of H-pyrrole nitrogens is 2. The molecule has 0 bridgehead atoms. The summed E-state index contributed by atoms with van der Waals surface area (Å²) >= 11 is 1.29. The van der Waals surface area contributed by atoms with Crippen molar-refractivity contribution in [1.29, 1.82) is 0 Å². The number of pyridine rings is 1. The van der Waals surface area contributed by atoms with Gasteiger partial charge in [-0.3, -0.25) is 9.59 Å². The molecule has 2 aromatic heterocycles. The minimum Gasteiger partial charge on any atom is -0.465 e. The number of thioether (sulfide) groups is 1. The minimum absolute atomic E-state index is 0.288. The molecule has 4 rings (SSSR count). The molecule has 0 aliphatic rings. The van der Waals surface area contributed by atoms with Gasteiger partial charge in [-0.2, -0.15) is 0 Å². The second-order valence-electron chi connectivity index (χ2n) is 6.32. The maximum absolute atomic E-state index is 13.9. The third-order valence-corrected chi connectivity index (χ3v) is 5.82. The molecule has 0 aliphatic carbocycles. The van der Waals surface area contributed by atoms with Gasteiger partial charge in [-0.15, -0.1) is 0 Å². The van der Waals surface area contributed by atoms with Gasteiger partial charge < -0.3 is 14.7 Å². The number of aromatic amines is 2. The highest BCUT2D eigenvalue weighted by molar-refractivity contribution is 8.00. The van der Waals surface area contributed by atoms with E-state index in [1.54, 1.807) is 25.3 Å². The van der Waals surface area contributed by atoms with Crippen LogP contribution in [0.25, 0.3) is 32.6 Å². The normalized spacial score (nSPS) is 12.7. The predicted molar refractivity (Wildman–Crippen MR) is 108 cm³/mol. The summed E-state index contributed by atoms with van der Waals surface area (Å²) in [7, 11) is 0. The highest BCUT2D eigenvalue weighted by Gasteiger charge is 2.22. The topological polar surface area (TPSA) is 87.8 Å². The first-order valence-corrected chi connectivity index (χ1v) is 9.87. The molecule has 4 aromatic rings. The van der Waals surface area contributed by atoms with Crippen LogP contribution in [0, 0.1) is 5.82 Å². The molecule has 0 fully saturated rings. The summed E-state index contributed by atoms with van der Waals surface area (Å²) in [6, 6.07) is 6.09. The summed E-state index contributed by atoms with van der Waals surface area (Å²) in [6.45, 7) is 4.00. The second kappa shape index (κ2) is 7.27. The van der Waals surface area contributed by atoms with Crippen molar-refractivity contribution in [3.8, 4) is 0 Å². The zero-order valence-electron chi connectivity index (χ0n) is 15.3. The molecule has 8 heteroatoms. The number of rotatable bonds is 5. The molecule has 2 N–H and O–H groups in total. The molecule has 2 aromatic carbocycles. The van der Waals surface area contributed by atoms with Gasteiger partial charge in [0.25, 0.3) is 5.56 Å². The van der Waals surface area contributed by atoms with Crippen molar-refractivity contribution in [2.75, 3.05) is 6.61 Å². The second-order valence-corrected chi connectivity index (χ2v) is 7.51. The van der Waals surface area contributed by atoms with Gasteiger partial charge >= 0.3 is 5.97 Å². The average Bonchev–Trinajstić information content (AvgIpc) is 3.10. The summed E-state index contributed by atoms with van der Waals surface area (Å²) in [5, 5.41) is 2.40. The number of hydrogen-bond donors (Lipinski definition) is 2. The van der Waals surface area contributed by atoms with E-state index in [0.29, 0.717) is 50.8 Å². The number of nitrogens with zero attached hydrogens (tertiary/aromatic N) is 1. The maximum Gasteiger partial charge on any atom is 0.319 e. The summed E-state index contributed by atoms with van der Waals surface area (Å²) in [6.07, 6.45) is 2.14. The molecule has 0 aliphatic heterocycles. The summed E-state index contributed by atoms with van der Waals surface area (Å²) < 4.78 is 19.0. The number of benzene rings is 2. The molecule has 1 atom stereocenters. The average molecular weight is 399 g/mol. The highest BCUT2D eigenvalue weighted by atomic mass is 32.2. The number of carbonyl (C=O) groups excluding carboxylic acids is 1. The number of carbonyl (C=O) groups is 1. The molecule has 0 saturated carbocycles. The lowest BCUT2D eigenvalue weighted by Gasteiger charge is -2.10. The van der Waals surface area contributed by atoms with Crippen LogP contribution in [0.5, 0.6) is 0 Å². The number of halogens is 1. The Morgan fingerprint density at radius 3 is 2.82 bits per heavy atom. The standard InChI is InChI=1S/C20H18FN3O3S/c1-3-14(19(26)27-4-2)28-20-23-16-11-6-5-10(21)9-13(11)15-12(17(16)24-20)7-8-22-18(15)25/h5-9,14H,3-4H2,1-2H3,(H,22,25)(H,23,24). The Hall–Kier alpha value is -2.87. The lowest BCUT2D eigenvalue weighted by atomic mass is 10.0. The number of aromatic nitrogens is 3. The molecule has 28 heavy (non-hydrogen) atoms. The Kier molecular flexibility index (Phi) is 4.80. The molecular formula is C20H18FN3O3S. The van der Waals surface area contributed by atoms with E-state index >= 15 is 0 Å². The van der Waals surface area contributed by atoms with Crippen molar-refractivity contribution in [3.05, 3.63) is 46.6 Å². The molecule has 2 heterocycles. The van der Waals surface area contributed by atoms with Crippen molar-refractivity contribution in [2.24, 2.45) is 0 Å². The van der Waals surface area contributed by atoms with Crippen LogP contribution in [0.3, 0.4) is 0 Å². The highest BCUT2D eigenvalue weighted by Crippen LogP contribution is 2.35. The fourth-order valence-corrected chi connectivity index (χ4v) is 4.26. The van der Waals surface area contributed by atoms with E-state index in [1.807, 2.05) is 6.92 Å². The van der Waals surface area contributed by atoms with E-state index in [1.165, 1.54) is 23.9 Å². The van der Waals surface area contributed by atoms with E-state index in [9.17, 15) is 14.0 Å². The van der Waals surface area contributed by atoms with Gasteiger partial charge in [0.1, 0.15) is 11.1 Å². The first-order valence-electron chi connectivity index (χ1n) is 8.99. The van der Waals surface area contributed by atoms with Gasteiger partial charge in [0.05, 0.1) is 23.0 Å². The van der Waals surface area contributed by atoms with Gasteiger partial charge in [-0.05, 0) is 37.6 Å². The van der Waals surface area contributed by atoms with Gasteiger partial charge in [0.2, 0.25) is 0 Å². The van der Waals surface area contributed by atoms with E-state index in [4.69, 9.17) is 4.74 Å². The van der Waals surface area contributed by atoms with Crippen LogP contribution in [-0.4, -0.2) is 32.8 Å². The van der Waals surface area contributed by atoms with Crippen molar-refractivity contribution in [1.82, 2.24) is 15.0 Å². The quantitative estimate of drug-likeness (QED) is 0.299. The van der Waals surface area contributed by atoms with Gasteiger partial charge in [-0.25, -0.2) is 9.37 Å². The van der Waals surface area contributed by atoms with Crippen LogP contribution in [0.4, 0.5) is 4.39 Å². The van der Waals surface area contributed by atoms with Crippen LogP contribution in [0.1, 0.15) is 20.3 Å². The minimum atomic E-state index is -0.418. The predicted octanol–water partition coefficient (Wildman–Crippen LogP) is 4.13. The van der Waals surface area contributed by atoms with Crippen LogP contribution in [-0.2, 0) is 9.53 Å². The van der Waals surface area contributed by atoms with Crippen molar-refractivity contribution in [2.45, 2.75) is 30.7 Å². The Balaban J connectivity index is 1.95. The molecular weight excluding hydrogens is 381 g/mol. The smallest absolute Gasteiger partial charge is 0.319 e. The molecule has 1 unspecified atom stereocenters. The first kappa shape index (κ1) is 18.5. The van der Waals surface area contributed by atoms with Crippen LogP contribution < -0.4 is 5.56 Å². The van der Waals surface area contributed by atoms with Gasteiger partial charge in [-0.1, -0.05) is 18.7 Å². The lowest BCUT2D eigenvalue weighted by Crippen LogP contribution is -2.19.